The summed E-state index contributed by atoms with van der Waals surface area (Å²) in [5.41, 5.74) is 1.28. The predicted molar refractivity (Wildman–Crippen MR) is 74.3 cm³/mol. The summed E-state index contributed by atoms with van der Waals surface area (Å²) in [5.74, 6) is 0. The molecule has 100 valence electrons. The summed E-state index contributed by atoms with van der Waals surface area (Å²) in [7, 11) is -3.33. The standard InChI is InChI=1S/C11H13NO3S.C2H6/c1-16(14,15)12-10(6-7-13)8-9-4-2-3-5-11(9)12;1-2/h2-5,8,13H,6-7H2,1H3;1-2H3. The number of hydrogen-bond donors (Lipinski definition) is 1. The Kier molecular flexibility index (Phi) is 4.93. The second-order valence-corrected chi connectivity index (χ2v) is 5.53. The Bertz CT molecular complexity index is 614. The third kappa shape index (κ3) is 2.91. The SMILES string of the molecule is CC.CS(=O)(=O)n1c(CCO)cc2ccccc21. The molecule has 1 N–H and O–H groups in total. The molecule has 0 amide bonds. The molecule has 0 unspecified atom stereocenters. The first-order valence-corrected chi connectivity index (χ1v) is 7.79. The summed E-state index contributed by atoms with van der Waals surface area (Å²) >= 11 is 0. The quantitative estimate of drug-likeness (QED) is 0.927. The molecule has 0 atom stereocenters. The Morgan fingerprint density at radius 3 is 2.39 bits per heavy atom. The number of para-hydroxylation sites is 1. The zero-order valence-corrected chi connectivity index (χ0v) is 11.7. The first kappa shape index (κ1) is 14.7. The van der Waals surface area contributed by atoms with E-state index in [2.05, 4.69) is 0 Å². The van der Waals surface area contributed by atoms with Crippen molar-refractivity contribution in [1.82, 2.24) is 3.97 Å². The molecule has 4 nitrogen and oxygen atoms in total. The van der Waals surface area contributed by atoms with Crippen molar-refractivity contribution in [2.75, 3.05) is 12.9 Å². The van der Waals surface area contributed by atoms with Gasteiger partial charge in [0.2, 0.25) is 10.0 Å². The number of aromatic nitrogens is 1. The van der Waals surface area contributed by atoms with Crippen LogP contribution < -0.4 is 0 Å². The lowest BCUT2D eigenvalue weighted by molar-refractivity contribution is 0.298. The highest BCUT2D eigenvalue weighted by molar-refractivity contribution is 7.89. The first-order chi connectivity index (χ1) is 8.54. The fraction of sp³-hybridized carbons (Fsp3) is 0.385. The minimum absolute atomic E-state index is 0.0636. The second-order valence-electron chi connectivity index (χ2n) is 3.70. The van der Waals surface area contributed by atoms with Crippen LogP contribution in [0.1, 0.15) is 19.5 Å². The van der Waals surface area contributed by atoms with Crippen LogP contribution in [0.15, 0.2) is 30.3 Å². The van der Waals surface area contributed by atoms with E-state index in [-0.39, 0.29) is 6.61 Å². The number of rotatable bonds is 3. The van der Waals surface area contributed by atoms with Crippen LogP contribution in [0.2, 0.25) is 0 Å². The molecule has 0 fully saturated rings. The van der Waals surface area contributed by atoms with Crippen LogP contribution >= 0.6 is 0 Å². The van der Waals surface area contributed by atoms with Gasteiger partial charge in [0.05, 0.1) is 11.8 Å². The third-order valence-electron chi connectivity index (χ3n) is 2.44. The minimum atomic E-state index is -3.33. The van der Waals surface area contributed by atoms with Crippen molar-refractivity contribution in [3.63, 3.8) is 0 Å². The highest BCUT2D eigenvalue weighted by Gasteiger charge is 2.15. The average molecular weight is 269 g/mol. The van der Waals surface area contributed by atoms with Gasteiger partial charge in [-0.2, -0.15) is 0 Å². The maximum Gasteiger partial charge on any atom is 0.236 e. The largest absolute Gasteiger partial charge is 0.396 e. The summed E-state index contributed by atoms with van der Waals surface area (Å²) in [6.07, 6.45) is 1.50. The van der Waals surface area contributed by atoms with Crippen LogP contribution in [0, 0.1) is 0 Å². The predicted octanol–water partition coefficient (Wildman–Crippen LogP) is 2.01. The van der Waals surface area contributed by atoms with E-state index in [0.29, 0.717) is 17.6 Å². The zero-order valence-electron chi connectivity index (χ0n) is 10.9. The van der Waals surface area contributed by atoms with E-state index in [0.717, 1.165) is 5.39 Å². The molecule has 0 spiro atoms. The van der Waals surface area contributed by atoms with Gasteiger partial charge in [0, 0.05) is 24.1 Å². The zero-order chi connectivity index (χ0) is 13.8. The molecule has 2 rings (SSSR count). The maximum atomic E-state index is 11.7. The van der Waals surface area contributed by atoms with Crippen molar-refractivity contribution in [2.24, 2.45) is 0 Å². The van der Waals surface area contributed by atoms with E-state index in [9.17, 15) is 8.42 Å². The molecular formula is C13H19NO3S. The lowest BCUT2D eigenvalue weighted by atomic mass is 10.2. The van der Waals surface area contributed by atoms with E-state index < -0.39 is 10.0 Å². The average Bonchev–Trinajstić information content (AvgIpc) is 2.69. The number of fused-ring (bicyclic) bond motifs is 1. The van der Waals surface area contributed by atoms with Gasteiger partial charge >= 0.3 is 0 Å². The summed E-state index contributed by atoms with van der Waals surface area (Å²) < 4.78 is 24.7. The Morgan fingerprint density at radius 2 is 1.83 bits per heavy atom. The fourth-order valence-corrected chi connectivity index (χ4v) is 2.96. The molecule has 2 aromatic rings. The van der Waals surface area contributed by atoms with E-state index >= 15 is 0 Å². The van der Waals surface area contributed by atoms with Crippen molar-refractivity contribution in [3.05, 3.63) is 36.0 Å². The summed E-state index contributed by atoms with van der Waals surface area (Å²) in [4.78, 5) is 0. The second kappa shape index (κ2) is 6.02. The Morgan fingerprint density at radius 1 is 1.22 bits per heavy atom. The van der Waals surface area contributed by atoms with Crippen LogP contribution in [0.25, 0.3) is 10.9 Å². The number of hydrogen-bond acceptors (Lipinski definition) is 3. The topological polar surface area (TPSA) is 59.3 Å². The molecule has 1 aromatic carbocycles. The molecule has 0 saturated heterocycles. The lowest BCUT2D eigenvalue weighted by Gasteiger charge is -2.06. The van der Waals surface area contributed by atoms with Crippen molar-refractivity contribution in [2.45, 2.75) is 20.3 Å². The molecule has 18 heavy (non-hydrogen) atoms. The number of aliphatic hydroxyl groups excluding tert-OH is 1. The molecule has 0 saturated carbocycles. The molecule has 0 aliphatic carbocycles. The van der Waals surface area contributed by atoms with E-state index in [1.165, 1.54) is 10.2 Å². The number of nitrogens with zero attached hydrogens (tertiary/aromatic N) is 1. The molecule has 1 heterocycles. The summed E-state index contributed by atoms with van der Waals surface area (Å²) in [5, 5.41) is 9.80. The van der Waals surface area contributed by atoms with Crippen molar-refractivity contribution in [3.8, 4) is 0 Å². The van der Waals surface area contributed by atoms with Crippen LogP contribution in [0.4, 0.5) is 0 Å². The summed E-state index contributed by atoms with van der Waals surface area (Å²) in [6, 6.07) is 9.08. The van der Waals surface area contributed by atoms with E-state index in [1.54, 1.807) is 18.2 Å². The summed E-state index contributed by atoms with van der Waals surface area (Å²) in [6.45, 7) is 3.94. The van der Waals surface area contributed by atoms with E-state index in [1.807, 2.05) is 26.0 Å². The van der Waals surface area contributed by atoms with Crippen LogP contribution in [-0.2, 0) is 16.4 Å². The Labute approximate surface area is 108 Å². The molecule has 0 aliphatic heterocycles. The maximum absolute atomic E-state index is 11.7. The Balaban J connectivity index is 0.000000771. The lowest BCUT2D eigenvalue weighted by Crippen LogP contribution is -2.13. The van der Waals surface area contributed by atoms with Gasteiger partial charge in [-0.15, -0.1) is 0 Å². The third-order valence-corrected chi connectivity index (χ3v) is 3.53. The molecule has 5 heteroatoms. The van der Waals surface area contributed by atoms with Gasteiger partial charge in [-0.25, -0.2) is 12.4 Å². The molecule has 0 aliphatic rings. The van der Waals surface area contributed by atoms with Crippen molar-refractivity contribution >= 4 is 20.9 Å². The fourth-order valence-electron chi connectivity index (χ4n) is 1.87. The smallest absolute Gasteiger partial charge is 0.236 e. The number of benzene rings is 1. The van der Waals surface area contributed by atoms with E-state index in [4.69, 9.17) is 5.11 Å². The highest BCUT2D eigenvalue weighted by Crippen LogP contribution is 2.21. The van der Waals surface area contributed by atoms with Gasteiger partial charge in [0.15, 0.2) is 0 Å². The van der Waals surface area contributed by atoms with Gasteiger partial charge in [0.1, 0.15) is 0 Å². The van der Waals surface area contributed by atoms with Crippen LogP contribution in [-0.4, -0.2) is 30.4 Å². The molecular weight excluding hydrogens is 250 g/mol. The molecule has 0 radical (unpaired) electrons. The van der Waals surface area contributed by atoms with Gasteiger partial charge in [-0.3, -0.25) is 0 Å². The highest BCUT2D eigenvalue weighted by atomic mass is 32.2. The normalized spacial score (nSPS) is 11.1. The number of aliphatic hydroxyl groups is 1. The van der Waals surface area contributed by atoms with Gasteiger partial charge in [-0.1, -0.05) is 32.0 Å². The van der Waals surface area contributed by atoms with Crippen LogP contribution in [0.3, 0.4) is 0 Å². The first-order valence-electron chi connectivity index (χ1n) is 5.95. The molecule has 0 bridgehead atoms. The monoisotopic (exact) mass is 269 g/mol. The Hall–Kier alpha value is -1.33. The molecule has 1 aromatic heterocycles. The van der Waals surface area contributed by atoms with Gasteiger partial charge in [0.25, 0.3) is 0 Å². The van der Waals surface area contributed by atoms with Crippen molar-refractivity contribution in [1.29, 1.82) is 0 Å². The van der Waals surface area contributed by atoms with Gasteiger partial charge in [-0.05, 0) is 12.1 Å². The minimum Gasteiger partial charge on any atom is -0.396 e. The van der Waals surface area contributed by atoms with Crippen LogP contribution in [0.5, 0.6) is 0 Å². The van der Waals surface area contributed by atoms with Crippen molar-refractivity contribution < 1.29 is 13.5 Å². The van der Waals surface area contributed by atoms with Gasteiger partial charge < -0.3 is 5.11 Å².